The van der Waals surface area contributed by atoms with Crippen molar-refractivity contribution in [3.63, 3.8) is 0 Å². The third-order valence-corrected chi connectivity index (χ3v) is 7.10. The number of hydrogen-bond donors (Lipinski definition) is 4. The van der Waals surface area contributed by atoms with E-state index in [2.05, 4.69) is 52.1 Å². The summed E-state index contributed by atoms with van der Waals surface area (Å²) in [4.78, 5) is 24.0. The molecule has 36 heavy (non-hydrogen) atoms. The van der Waals surface area contributed by atoms with E-state index in [4.69, 9.17) is 9.47 Å². The van der Waals surface area contributed by atoms with E-state index in [0.717, 1.165) is 20.1 Å². The summed E-state index contributed by atoms with van der Waals surface area (Å²) in [5.74, 6) is 1.15. The molecule has 5 rings (SSSR count). The minimum atomic E-state index is -0.868. The fourth-order valence-electron chi connectivity index (χ4n) is 4.14. The second-order valence-corrected chi connectivity index (χ2v) is 10.1. The largest absolute Gasteiger partial charge is 0.487 e. The number of halogens is 2. The molecule has 0 amide bonds. The number of aliphatic hydroxyl groups excluding tert-OH is 2. The Hall–Kier alpha value is -2.77. The SMILES string of the molecule is O=c1[nH]c2c(NCc3cc(Br)c(OCc4ccccc4)c(Br)c3)ncnc2n1[C@H]1C[C@H](O)[C@@H](CO)O1. The van der Waals surface area contributed by atoms with Crippen LogP contribution in [0.3, 0.4) is 0 Å². The Morgan fingerprint density at radius 2 is 1.92 bits per heavy atom. The van der Waals surface area contributed by atoms with E-state index in [1.807, 2.05) is 42.5 Å². The number of ether oxygens (including phenoxy) is 2. The molecule has 10 nitrogen and oxygen atoms in total. The van der Waals surface area contributed by atoms with Gasteiger partial charge in [0.2, 0.25) is 0 Å². The molecule has 1 fully saturated rings. The summed E-state index contributed by atoms with van der Waals surface area (Å²) in [6.45, 7) is 0.526. The van der Waals surface area contributed by atoms with Crippen molar-refractivity contribution >= 4 is 48.8 Å². The molecular weight excluding hydrogens is 598 g/mol. The molecular formula is C24H23Br2N5O5. The van der Waals surface area contributed by atoms with Gasteiger partial charge < -0.3 is 30.0 Å². The minimum absolute atomic E-state index is 0.172. The molecule has 4 N–H and O–H groups in total. The Morgan fingerprint density at radius 3 is 2.61 bits per heavy atom. The monoisotopic (exact) mass is 619 g/mol. The number of benzene rings is 2. The average Bonchev–Trinajstić information content (AvgIpc) is 3.41. The number of rotatable bonds is 8. The van der Waals surface area contributed by atoms with E-state index in [9.17, 15) is 15.0 Å². The van der Waals surface area contributed by atoms with Crippen molar-refractivity contribution in [1.29, 1.82) is 0 Å². The number of aliphatic hydroxyl groups is 2. The van der Waals surface area contributed by atoms with Crippen LogP contribution in [0, 0.1) is 0 Å². The zero-order chi connectivity index (χ0) is 25.2. The molecule has 0 unspecified atom stereocenters. The van der Waals surface area contributed by atoms with Crippen molar-refractivity contribution < 1.29 is 19.7 Å². The number of aromatic nitrogens is 4. The number of anilines is 1. The summed E-state index contributed by atoms with van der Waals surface area (Å²) in [6, 6.07) is 13.8. The smallest absolute Gasteiger partial charge is 0.329 e. The maximum atomic E-state index is 12.7. The second kappa shape index (κ2) is 10.7. The van der Waals surface area contributed by atoms with Crippen LogP contribution in [0.4, 0.5) is 5.82 Å². The first-order valence-corrected chi connectivity index (χ1v) is 12.8. The molecule has 0 saturated carbocycles. The van der Waals surface area contributed by atoms with Crippen molar-refractivity contribution in [2.45, 2.75) is 38.0 Å². The number of nitrogens with one attached hydrogen (secondary N) is 2. The summed E-state index contributed by atoms with van der Waals surface area (Å²) >= 11 is 7.18. The first-order valence-electron chi connectivity index (χ1n) is 11.2. The Kier molecular flexibility index (Phi) is 7.39. The number of nitrogens with zero attached hydrogens (tertiary/aromatic N) is 3. The number of H-pyrrole nitrogens is 1. The van der Waals surface area contributed by atoms with Crippen molar-refractivity contribution in [3.8, 4) is 5.75 Å². The molecule has 188 valence electrons. The van der Waals surface area contributed by atoms with Crippen molar-refractivity contribution in [3.05, 3.63) is 79.3 Å². The van der Waals surface area contributed by atoms with Crippen molar-refractivity contribution in [2.75, 3.05) is 11.9 Å². The van der Waals surface area contributed by atoms with Gasteiger partial charge in [-0.15, -0.1) is 0 Å². The molecule has 0 bridgehead atoms. The fourth-order valence-corrected chi connectivity index (χ4v) is 5.65. The molecule has 3 atom stereocenters. The lowest BCUT2D eigenvalue weighted by molar-refractivity contribution is -0.0441. The van der Waals surface area contributed by atoms with Gasteiger partial charge in [0, 0.05) is 13.0 Å². The number of fused-ring (bicyclic) bond motifs is 1. The lowest BCUT2D eigenvalue weighted by atomic mass is 10.2. The van der Waals surface area contributed by atoms with Gasteiger partial charge in [-0.25, -0.2) is 19.3 Å². The molecule has 12 heteroatoms. The van der Waals surface area contributed by atoms with Gasteiger partial charge in [0.05, 0.1) is 21.7 Å². The van der Waals surface area contributed by atoms with Gasteiger partial charge >= 0.3 is 5.69 Å². The maximum absolute atomic E-state index is 12.7. The molecule has 2 aromatic heterocycles. The molecule has 4 aromatic rings. The highest BCUT2D eigenvalue weighted by atomic mass is 79.9. The Balaban J connectivity index is 1.33. The van der Waals surface area contributed by atoms with Crippen LogP contribution in [0.5, 0.6) is 5.75 Å². The highest BCUT2D eigenvalue weighted by Gasteiger charge is 2.36. The Morgan fingerprint density at radius 1 is 1.17 bits per heavy atom. The first-order chi connectivity index (χ1) is 17.4. The predicted octanol–water partition coefficient (Wildman–Crippen LogP) is 3.48. The fraction of sp³-hybridized carbons (Fsp3) is 0.292. The zero-order valence-electron chi connectivity index (χ0n) is 18.9. The van der Waals surface area contributed by atoms with Gasteiger partial charge in [0.15, 0.2) is 11.5 Å². The molecule has 1 aliphatic rings. The highest BCUT2D eigenvalue weighted by molar-refractivity contribution is 9.11. The number of hydrogen-bond acceptors (Lipinski definition) is 8. The summed E-state index contributed by atoms with van der Waals surface area (Å²) in [6.07, 6.45) is -0.825. The summed E-state index contributed by atoms with van der Waals surface area (Å²) in [5.41, 5.74) is 2.35. The predicted molar refractivity (Wildman–Crippen MR) is 140 cm³/mol. The zero-order valence-corrected chi connectivity index (χ0v) is 22.1. The van der Waals surface area contributed by atoms with E-state index in [-0.39, 0.29) is 13.0 Å². The lowest BCUT2D eigenvalue weighted by Gasteiger charge is -2.14. The third-order valence-electron chi connectivity index (χ3n) is 5.92. The van der Waals surface area contributed by atoms with Gasteiger partial charge in [-0.1, -0.05) is 30.3 Å². The van der Waals surface area contributed by atoms with E-state index >= 15 is 0 Å². The Bertz CT molecular complexity index is 1400. The van der Waals surface area contributed by atoms with Crippen LogP contribution >= 0.6 is 31.9 Å². The molecule has 1 aliphatic heterocycles. The van der Waals surface area contributed by atoms with E-state index in [1.165, 1.54) is 10.9 Å². The standard InChI is InChI=1S/C24H23Br2N5O5/c25-15-6-14(7-16(26)21(15)35-11-13-4-2-1-3-5-13)9-27-22-20-23(29-12-28-22)31(24(34)30-20)19-8-17(33)18(10-32)36-19/h1-7,12,17-19,32-33H,8-11H2,(H,30,34)(H,27,28,29)/t17-,18+,19+/m0/s1. The van der Waals surface area contributed by atoms with Crippen molar-refractivity contribution in [2.24, 2.45) is 0 Å². The maximum Gasteiger partial charge on any atom is 0.329 e. The van der Waals surface area contributed by atoms with Crippen LogP contribution in [0.2, 0.25) is 0 Å². The summed E-state index contributed by atoms with van der Waals surface area (Å²) in [7, 11) is 0. The third kappa shape index (κ3) is 5.04. The van der Waals surface area contributed by atoms with E-state index in [0.29, 0.717) is 35.9 Å². The molecule has 3 heterocycles. The summed E-state index contributed by atoms with van der Waals surface area (Å²) in [5, 5.41) is 22.7. The van der Waals surface area contributed by atoms with Gasteiger partial charge in [-0.3, -0.25) is 0 Å². The van der Waals surface area contributed by atoms with E-state index < -0.39 is 24.1 Å². The molecule has 1 saturated heterocycles. The van der Waals surface area contributed by atoms with E-state index in [1.54, 1.807) is 0 Å². The molecule has 0 spiro atoms. The summed E-state index contributed by atoms with van der Waals surface area (Å²) < 4.78 is 14.6. The second-order valence-electron chi connectivity index (χ2n) is 8.35. The van der Waals surface area contributed by atoms with Gasteiger partial charge in [0.1, 0.15) is 36.5 Å². The quantitative estimate of drug-likeness (QED) is 0.235. The van der Waals surface area contributed by atoms with Crippen molar-refractivity contribution in [1.82, 2.24) is 19.5 Å². The van der Waals surface area contributed by atoms with Crippen LogP contribution in [-0.4, -0.2) is 48.5 Å². The van der Waals surface area contributed by atoms with Gasteiger partial charge in [-0.2, -0.15) is 0 Å². The van der Waals surface area contributed by atoms with Crippen LogP contribution in [0.1, 0.15) is 23.8 Å². The van der Waals surface area contributed by atoms with Crippen LogP contribution in [-0.2, 0) is 17.9 Å². The van der Waals surface area contributed by atoms with Crippen LogP contribution < -0.4 is 15.7 Å². The Labute approximate surface area is 222 Å². The van der Waals surface area contributed by atoms with Crippen LogP contribution in [0.15, 0.2) is 62.5 Å². The average molecular weight is 621 g/mol. The molecule has 2 aromatic carbocycles. The topological polar surface area (TPSA) is 135 Å². The highest BCUT2D eigenvalue weighted by Crippen LogP contribution is 2.36. The number of imidazole rings is 1. The molecule has 0 radical (unpaired) electrons. The van der Waals surface area contributed by atoms with Crippen LogP contribution in [0.25, 0.3) is 11.2 Å². The van der Waals surface area contributed by atoms with Gasteiger partial charge in [0.25, 0.3) is 0 Å². The minimum Gasteiger partial charge on any atom is -0.487 e. The lowest BCUT2D eigenvalue weighted by Crippen LogP contribution is -2.25. The van der Waals surface area contributed by atoms with Gasteiger partial charge in [-0.05, 0) is 55.1 Å². The number of aromatic amines is 1. The normalized spacial score (nSPS) is 19.6. The molecule has 0 aliphatic carbocycles. The first kappa shape index (κ1) is 24.9.